The molecule has 72 heavy (non-hydrogen) atoms. The summed E-state index contributed by atoms with van der Waals surface area (Å²) in [7, 11) is -17.1. The van der Waals surface area contributed by atoms with E-state index in [0.717, 1.165) is 6.07 Å². The first-order valence-electron chi connectivity index (χ1n) is 21.9. The first-order valence-corrected chi connectivity index (χ1v) is 28.0. The molecule has 1 fully saturated rings. The van der Waals surface area contributed by atoms with Crippen LogP contribution in [0.15, 0.2) is 82.3 Å². The van der Waals surface area contributed by atoms with Gasteiger partial charge >= 0.3 is 94.6 Å². The molecular weight excluding hydrogens is 1060 g/mol. The number of hydroxylamine groups is 2. The van der Waals surface area contributed by atoms with Crippen LogP contribution in [-0.4, -0.2) is 137 Å². The minimum atomic E-state index is -4.95. The monoisotopic (exact) mass is 1110 g/mol. The van der Waals surface area contributed by atoms with Gasteiger partial charge < -0.3 is 28.3 Å². The van der Waals surface area contributed by atoms with Gasteiger partial charge in [0.25, 0.3) is 32.1 Å². The summed E-state index contributed by atoms with van der Waals surface area (Å²) >= 11 is 0. The van der Waals surface area contributed by atoms with E-state index in [1.54, 1.807) is 44.2 Å². The number of allylic oxidation sites excluding steroid dienone is 6. The van der Waals surface area contributed by atoms with Gasteiger partial charge in [0.2, 0.25) is 5.69 Å². The summed E-state index contributed by atoms with van der Waals surface area (Å²) < 4.78 is 152. The quantitative estimate of drug-likeness (QED) is 0.0222. The fourth-order valence-corrected chi connectivity index (χ4v) is 10.9. The number of anilines is 1. The fourth-order valence-electron chi connectivity index (χ4n) is 8.88. The Morgan fingerprint density at radius 2 is 1.39 bits per heavy atom. The van der Waals surface area contributed by atoms with E-state index >= 15 is 0 Å². The number of methoxy groups -OCH3 is 1. The van der Waals surface area contributed by atoms with Gasteiger partial charge in [-0.15, -0.1) is 5.06 Å². The van der Waals surface area contributed by atoms with Crippen LogP contribution in [0.1, 0.15) is 89.2 Å². The molecule has 1 saturated heterocycles. The molecule has 3 aliphatic rings. The van der Waals surface area contributed by atoms with Crippen molar-refractivity contribution in [1.29, 1.82) is 0 Å². The van der Waals surface area contributed by atoms with Crippen LogP contribution < -0.4 is 93.6 Å². The number of nitrogens with zero attached hydrogens (tertiary/aromatic N) is 3. The molecule has 5 rings (SSSR count). The largest absolute Gasteiger partial charge is 1.00 e. The molecule has 2 aromatic rings. The van der Waals surface area contributed by atoms with Gasteiger partial charge in [0.05, 0.1) is 50.9 Å². The molecule has 0 saturated carbocycles. The summed E-state index contributed by atoms with van der Waals surface area (Å²) in [5.41, 5.74) is 0.781. The van der Waals surface area contributed by atoms with Crippen LogP contribution in [0.4, 0.5) is 11.4 Å². The third-order valence-corrected chi connectivity index (χ3v) is 15.5. The summed E-state index contributed by atoms with van der Waals surface area (Å²) in [6.07, 6.45) is 9.34. The molecule has 0 bridgehead atoms. The van der Waals surface area contributed by atoms with E-state index in [1.807, 2.05) is 9.48 Å². The number of rotatable bonds is 26. The van der Waals surface area contributed by atoms with Crippen molar-refractivity contribution in [2.24, 2.45) is 0 Å². The van der Waals surface area contributed by atoms with Gasteiger partial charge in [0.15, 0.2) is 5.71 Å². The van der Waals surface area contributed by atoms with Crippen molar-refractivity contribution < 1.29 is 174 Å². The number of benzene rings is 2. The van der Waals surface area contributed by atoms with Crippen molar-refractivity contribution >= 4 is 75.3 Å². The van der Waals surface area contributed by atoms with E-state index in [4.69, 9.17) is 14.3 Å². The predicted molar refractivity (Wildman–Crippen MR) is 247 cm³/mol. The summed E-state index contributed by atoms with van der Waals surface area (Å²) in [6, 6.07) is 7.94. The molecule has 0 aromatic heterocycles. The molecule has 2 atom stereocenters. The van der Waals surface area contributed by atoms with Gasteiger partial charge in [-0.1, -0.05) is 18.2 Å². The van der Waals surface area contributed by atoms with Crippen molar-refractivity contribution in [1.82, 2.24) is 5.06 Å². The van der Waals surface area contributed by atoms with E-state index in [2.05, 4.69) is 0 Å². The predicted octanol–water partition coefficient (Wildman–Crippen LogP) is -5.20. The number of carbonyl (C=O) groups is 3. The van der Waals surface area contributed by atoms with Gasteiger partial charge in [-0.25, -0.2) is 21.6 Å². The van der Waals surface area contributed by atoms with Crippen molar-refractivity contribution in [2.75, 3.05) is 56.4 Å². The second-order valence-electron chi connectivity index (χ2n) is 17.2. The smallest absolute Gasteiger partial charge is 0.748 e. The second kappa shape index (κ2) is 28.1. The van der Waals surface area contributed by atoms with Gasteiger partial charge in [-0.3, -0.25) is 18.7 Å². The first kappa shape index (κ1) is 66.4. The molecule has 2 amide bonds. The zero-order chi connectivity index (χ0) is 51.0. The Morgan fingerprint density at radius 1 is 0.764 bits per heavy atom. The Balaban J connectivity index is 0.00000592. The average Bonchev–Trinajstić information content (AvgIpc) is 3.77. The van der Waals surface area contributed by atoms with E-state index in [9.17, 15) is 66.3 Å². The molecule has 0 radical (unpaired) electrons. The Morgan fingerprint density at radius 3 is 2.00 bits per heavy atom. The summed E-state index contributed by atoms with van der Waals surface area (Å²) in [5.74, 6) is -3.30. The van der Waals surface area contributed by atoms with Crippen molar-refractivity contribution in [3.8, 4) is 0 Å². The van der Waals surface area contributed by atoms with Crippen LogP contribution in [0.25, 0.3) is 0 Å². The van der Waals surface area contributed by atoms with Gasteiger partial charge in [-0.05, 0) is 94.3 Å². The molecule has 28 heteroatoms. The minimum absolute atomic E-state index is 0. The van der Waals surface area contributed by atoms with Crippen molar-refractivity contribution in [2.45, 2.75) is 98.7 Å². The Bertz CT molecular complexity index is 2880. The normalized spacial score (nSPS) is 19.7. The molecular formula is C44H56N3Na3O18S4+2. The summed E-state index contributed by atoms with van der Waals surface area (Å²) in [5, 5.41) is 0.468. The van der Waals surface area contributed by atoms with Gasteiger partial charge in [0, 0.05) is 79.6 Å². The van der Waals surface area contributed by atoms with Crippen LogP contribution in [0, 0.1) is 0 Å². The first-order chi connectivity index (χ1) is 32.2. The number of unbranched alkanes of at least 4 members (excludes halogenated alkanes) is 2. The number of hydrogen-bond acceptors (Lipinski definition) is 17. The molecule has 3 heterocycles. The fraction of sp³-hybridized carbons (Fsp3) is 0.500. The van der Waals surface area contributed by atoms with Crippen LogP contribution in [0.3, 0.4) is 0 Å². The minimum Gasteiger partial charge on any atom is -0.748 e. The molecule has 2 unspecified atom stereocenters. The number of imide groups is 1. The summed E-state index contributed by atoms with van der Waals surface area (Å²) in [4.78, 5) is 42.2. The van der Waals surface area contributed by atoms with Gasteiger partial charge in [0.1, 0.15) is 16.7 Å². The zero-order valence-electron chi connectivity index (χ0n) is 41.3. The van der Waals surface area contributed by atoms with Crippen LogP contribution >= 0.6 is 0 Å². The van der Waals surface area contributed by atoms with Crippen molar-refractivity contribution in [3.05, 3.63) is 83.6 Å². The van der Waals surface area contributed by atoms with Gasteiger partial charge in [-0.2, -0.15) is 21.4 Å². The van der Waals surface area contributed by atoms with Crippen LogP contribution in [0.2, 0.25) is 0 Å². The zero-order valence-corrected chi connectivity index (χ0v) is 50.5. The van der Waals surface area contributed by atoms with E-state index in [1.165, 1.54) is 37.4 Å². The van der Waals surface area contributed by atoms with E-state index in [-0.39, 0.29) is 165 Å². The number of carbonyl (C=O) groups excluding carboxylic acids is 3. The SMILES string of the molecule is COCCOCCN1C(=CC=CC=CC2=[N+](CCCCCC(=O)ON3C(=O)CCC3=O)c3ccc(S(=O)(=O)[O-])cc3C2(C)CCCS(=O)(=O)[O-])C(C)(CCCS(=O)(=O)O)c2cc(S(=O)(=O)O)ccc21.[Na+].[Na+].[Na+]. The van der Waals surface area contributed by atoms with E-state index in [0.29, 0.717) is 64.8 Å². The number of amides is 2. The molecule has 2 aromatic carbocycles. The average molecular weight is 1110 g/mol. The number of fused-ring (bicyclic) bond motifs is 2. The summed E-state index contributed by atoms with van der Waals surface area (Å²) in [6.45, 7) is 4.79. The molecule has 0 aliphatic carbocycles. The third-order valence-electron chi connectivity index (χ3n) is 12.2. The van der Waals surface area contributed by atoms with Crippen molar-refractivity contribution in [3.63, 3.8) is 0 Å². The maximum atomic E-state index is 12.5. The molecule has 380 valence electrons. The topological polar surface area (TPSA) is 312 Å². The third kappa shape index (κ3) is 17.7. The molecule has 3 aliphatic heterocycles. The Kier molecular flexibility index (Phi) is 25.9. The van der Waals surface area contributed by atoms with Crippen LogP contribution in [-0.2, 0) is 80.0 Å². The Labute approximate surface area is 487 Å². The standard InChI is InChI=1S/C44H57N3O18S4.3Na/c1-43(21-10-28-66(51,52)53)34-30-32(68(57,58)59)15-17-36(34)45(23-9-5-8-14-42(50)65-47-40(48)19-20-41(47)49)38(43)12-6-4-7-13-39-44(2,22-11-29-67(54,55)56)35-31-33(69(60,61)62)16-18-37(35)46(39)24-25-64-27-26-63-3;;;/h4,6-7,12-13,15-18,30-31H,5,8-11,14,19-29H2,1-3H3,(H3-,51,52,53,54,55,56,57,58,59,60,61,62);;;/q;3*+1/p-1. The molecule has 0 spiro atoms. The Hall–Kier alpha value is -1.70. The maximum absolute atomic E-state index is 12.5. The molecule has 21 nitrogen and oxygen atoms in total. The number of hydrogen-bond donors (Lipinski definition) is 2. The second-order valence-corrected chi connectivity index (χ2v) is 23.0. The maximum Gasteiger partial charge on any atom is 1.00 e. The molecule has 2 N–H and O–H groups in total. The van der Waals surface area contributed by atoms with Crippen LogP contribution in [0.5, 0.6) is 0 Å². The number of ether oxygens (including phenoxy) is 2. The van der Waals surface area contributed by atoms with E-state index < -0.39 is 85.5 Å².